The Morgan fingerprint density at radius 3 is 2.21 bits per heavy atom. The van der Waals surface area contributed by atoms with Gasteiger partial charge in [-0.25, -0.2) is 8.78 Å². The minimum absolute atomic E-state index is 0.0702. The molecule has 0 aliphatic carbocycles. The molecule has 0 unspecified atom stereocenters. The van der Waals surface area contributed by atoms with Crippen LogP contribution in [0.1, 0.15) is 25.5 Å². The molecule has 3 nitrogen and oxygen atoms in total. The second kappa shape index (κ2) is 8.22. The first-order valence-electron chi connectivity index (χ1n) is 7.61. The molecule has 128 valence electrons. The highest BCUT2D eigenvalue weighted by atomic mass is 35.5. The molecule has 24 heavy (non-hydrogen) atoms. The molecular formula is C18H19ClF2N2O. The van der Waals surface area contributed by atoms with E-state index in [0.29, 0.717) is 5.02 Å². The maximum absolute atomic E-state index is 13.6. The van der Waals surface area contributed by atoms with Crippen LogP contribution in [0.2, 0.25) is 5.02 Å². The Labute approximate surface area is 145 Å². The normalized spacial score (nSPS) is 12.2. The van der Waals surface area contributed by atoms with Crippen molar-refractivity contribution in [2.45, 2.75) is 19.9 Å². The molecule has 2 aromatic rings. The molecule has 0 bridgehead atoms. The predicted molar refractivity (Wildman–Crippen MR) is 92.0 cm³/mol. The monoisotopic (exact) mass is 352 g/mol. The van der Waals surface area contributed by atoms with Crippen molar-refractivity contribution in [1.29, 1.82) is 0 Å². The van der Waals surface area contributed by atoms with Crippen LogP contribution in [0.4, 0.5) is 14.5 Å². The maximum Gasteiger partial charge on any atom is 0.238 e. The Hall–Kier alpha value is -1.98. The Bertz CT molecular complexity index is 684. The van der Waals surface area contributed by atoms with E-state index in [-0.39, 0.29) is 18.5 Å². The number of para-hydroxylation sites is 1. The molecule has 0 heterocycles. The van der Waals surface area contributed by atoms with E-state index in [1.807, 2.05) is 26.0 Å². The van der Waals surface area contributed by atoms with E-state index in [4.69, 9.17) is 11.6 Å². The standard InChI is InChI=1S/C18H19ClF2N2O/c1-11(2)17(12-6-8-13(19)9-7-12)22-10-16(24)23-18-14(20)4-3-5-15(18)21/h3-9,11,17,22H,10H2,1-2H3,(H,23,24)/t17-/m1/s1. The molecular weight excluding hydrogens is 334 g/mol. The third-order valence-electron chi connectivity index (χ3n) is 3.61. The van der Waals surface area contributed by atoms with E-state index in [1.165, 1.54) is 6.07 Å². The van der Waals surface area contributed by atoms with Crippen LogP contribution in [0.5, 0.6) is 0 Å². The van der Waals surface area contributed by atoms with E-state index >= 15 is 0 Å². The SMILES string of the molecule is CC(C)[C@@H](NCC(=O)Nc1c(F)cccc1F)c1ccc(Cl)cc1. The molecule has 0 spiro atoms. The van der Waals surface area contributed by atoms with Gasteiger partial charge in [-0.15, -0.1) is 0 Å². The molecule has 2 aromatic carbocycles. The van der Waals surface area contributed by atoms with Crippen molar-refractivity contribution in [2.75, 3.05) is 11.9 Å². The fraction of sp³-hybridized carbons (Fsp3) is 0.278. The zero-order valence-electron chi connectivity index (χ0n) is 13.4. The lowest BCUT2D eigenvalue weighted by atomic mass is 9.96. The van der Waals surface area contributed by atoms with E-state index in [0.717, 1.165) is 17.7 Å². The van der Waals surface area contributed by atoms with Gasteiger partial charge in [-0.2, -0.15) is 0 Å². The summed E-state index contributed by atoms with van der Waals surface area (Å²) in [5.41, 5.74) is 0.552. The topological polar surface area (TPSA) is 41.1 Å². The Morgan fingerprint density at radius 2 is 1.67 bits per heavy atom. The average Bonchev–Trinajstić information content (AvgIpc) is 2.52. The molecule has 0 aromatic heterocycles. The van der Waals surface area contributed by atoms with Gasteiger partial charge in [0.1, 0.15) is 17.3 Å². The highest BCUT2D eigenvalue weighted by Crippen LogP contribution is 2.23. The van der Waals surface area contributed by atoms with Gasteiger partial charge in [0.25, 0.3) is 0 Å². The molecule has 0 radical (unpaired) electrons. The molecule has 0 aliphatic heterocycles. The van der Waals surface area contributed by atoms with Crippen LogP contribution >= 0.6 is 11.6 Å². The average molecular weight is 353 g/mol. The quantitative estimate of drug-likeness (QED) is 0.801. The summed E-state index contributed by atoms with van der Waals surface area (Å²) in [6, 6.07) is 10.7. The molecule has 2 rings (SSSR count). The summed E-state index contributed by atoms with van der Waals surface area (Å²) in [7, 11) is 0. The van der Waals surface area contributed by atoms with Crippen LogP contribution in [0.25, 0.3) is 0 Å². The zero-order valence-corrected chi connectivity index (χ0v) is 14.2. The maximum atomic E-state index is 13.6. The Kier molecular flexibility index (Phi) is 6.29. The van der Waals surface area contributed by atoms with Gasteiger partial charge in [0, 0.05) is 11.1 Å². The van der Waals surface area contributed by atoms with Gasteiger partial charge >= 0.3 is 0 Å². The Balaban J connectivity index is 2.01. The predicted octanol–water partition coefficient (Wildman–Crippen LogP) is 4.54. The van der Waals surface area contributed by atoms with Crippen LogP contribution in [0.3, 0.4) is 0 Å². The summed E-state index contributed by atoms with van der Waals surface area (Å²) in [6.45, 7) is 3.96. The van der Waals surface area contributed by atoms with Crippen LogP contribution in [0.15, 0.2) is 42.5 Å². The van der Waals surface area contributed by atoms with Gasteiger partial charge in [0.15, 0.2) is 0 Å². The first-order chi connectivity index (χ1) is 11.4. The summed E-state index contributed by atoms with van der Waals surface area (Å²) in [5.74, 6) is -1.91. The number of anilines is 1. The lowest BCUT2D eigenvalue weighted by Crippen LogP contribution is -2.34. The van der Waals surface area contributed by atoms with Crippen molar-refractivity contribution in [3.63, 3.8) is 0 Å². The first kappa shape index (κ1) is 18.4. The number of halogens is 3. The second-order valence-corrected chi connectivity index (χ2v) is 6.24. The second-order valence-electron chi connectivity index (χ2n) is 5.80. The molecule has 1 amide bonds. The van der Waals surface area contributed by atoms with Gasteiger partial charge in [-0.3, -0.25) is 4.79 Å². The van der Waals surface area contributed by atoms with E-state index in [2.05, 4.69) is 10.6 Å². The fourth-order valence-corrected chi connectivity index (χ4v) is 2.54. The van der Waals surface area contributed by atoms with E-state index in [9.17, 15) is 13.6 Å². The number of amides is 1. The molecule has 0 saturated heterocycles. The molecule has 1 atom stereocenters. The van der Waals surface area contributed by atoms with Gasteiger partial charge in [0.05, 0.1) is 6.54 Å². The summed E-state index contributed by atoms with van der Waals surface area (Å²) in [4.78, 5) is 12.0. The largest absolute Gasteiger partial charge is 0.320 e. The number of hydrogen-bond acceptors (Lipinski definition) is 2. The highest BCUT2D eigenvalue weighted by molar-refractivity contribution is 6.30. The Morgan fingerprint density at radius 1 is 1.08 bits per heavy atom. The number of rotatable bonds is 6. The van der Waals surface area contributed by atoms with Crippen molar-refractivity contribution in [2.24, 2.45) is 5.92 Å². The number of hydrogen-bond donors (Lipinski definition) is 2. The molecule has 0 fully saturated rings. The fourth-order valence-electron chi connectivity index (χ4n) is 2.41. The number of carbonyl (C=O) groups excluding carboxylic acids is 1. The van der Waals surface area contributed by atoms with Crippen LogP contribution < -0.4 is 10.6 Å². The first-order valence-corrected chi connectivity index (χ1v) is 7.99. The van der Waals surface area contributed by atoms with Gasteiger partial charge < -0.3 is 10.6 Å². The lowest BCUT2D eigenvalue weighted by molar-refractivity contribution is -0.115. The minimum atomic E-state index is -0.804. The summed E-state index contributed by atoms with van der Waals surface area (Å²) in [5, 5.41) is 6.01. The molecule has 0 saturated carbocycles. The third kappa shape index (κ3) is 4.76. The smallest absolute Gasteiger partial charge is 0.238 e. The molecule has 2 N–H and O–H groups in total. The summed E-state index contributed by atoms with van der Waals surface area (Å²) >= 11 is 5.89. The van der Waals surface area contributed by atoms with E-state index < -0.39 is 23.2 Å². The third-order valence-corrected chi connectivity index (χ3v) is 3.86. The van der Waals surface area contributed by atoms with Crippen molar-refractivity contribution in [1.82, 2.24) is 5.32 Å². The van der Waals surface area contributed by atoms with Gasteiger partial charge in [0.2, 0.25) is 5.91 Å². The number of carbonyl (C=O) groups is 1. The molecule has 0 aliphatic rings. The van der Waals surface area contributed by atoms with E-state index in [1.54, 1.807) is 12.1 Å². The number of nitrogens with one attached hydrogen (secondary N) is 2. The lowest BCUT2D eigenvalue weighted by Gasteiger charge is -2.23. The van der Waals surface area contributed by atoms with Crippen molar-refractivity contribution in [3.8, 4) is 0 Å². The van der Waals surface area contributed by atoms with Gasteiger partial charge in [-0.05, 0) is 35.7 Å². The summed E-state index contributed by atoms with van der Waals surface area (Å²) in [6.07, 6.45) is 0. The zero-order chi connectivity index (χ0) is 17.7. The van der Waals surface area contributed by atoms with Crippen LogP contribution in [-0.2, 0) is 4.79 Å². The van der Waals surface area contributed by atoms with Gasteiger partial charge in [-0.1, -0.05) is 43.6 Å². The van der Waals surface area contributed by atoms with Crippen molar-refractivity contribution in [3.05, 3.63) is 64.7 Å². The van der Waals surface area contributed by atoms with Crippen LogP contribution in [0, 0.1) is 17.6 Å². The van der Waals surface area contributed by atoms with Crippen LogP contribution in [-0.4, -0.2) is 12.5 Å². The summed E-state index contributed by atoms with van der Waals surface area (Å²) < 4.78 is 27.1. The molecule has 6 heteroatoms. The number of benzene rings is 2. The minimum Gasteiger partial charge on any atom is -0.320 e. The van der Waals surface area contributed by atoms with Crippen molar-refractivity contribution < 1.29 is 13.6 Å². The van der Waals surface area contributed by atoms with Crippen molar-refractivity contribution >= 4 is 23.2 Å². The highest BCUT2D eigenvalue weighted by Gasteiger charge is 2.18.